The minimum atomic E-state index is 0.573. The molecule has 6 heteroatoms. The Kier molecular flexibility index (Phi) is 4.67. The fraction of sp³-hybridized carbons (Fsp3) is 0.733. The van der Waals surface area contributed by atoms with Crippen LogP contribution in [0, 0.1) is 0 Å². The molecule has 3 heterocycles. The van der Waals surface area contributed by atoms with E-state index in [1.54, 1.807) is 0 Å². The molecule has 0 aliphatic carbocycles. The van der Waals surface area contributed by atoms with Gasteiger partial charge in [-0.3, -0.25) is 4.90 Å². The molecule has 1 N–H and O–H groups in total. The molecule has 0 radical (unpaired) electrons. The third-order valence-electron chi connectivity index (χ3n) is 4.34. The first-order chi connectivity index (χ1) is 10.2. The molecular formula is C15H26N6. The monoisotopic (exact) mass is 290 g/mol. The summed E-state index contributed by atoms with van der Waals surface area (Å²) in [5.74, 6) is 0.875. The molecule has 2 fully saturated rings. The smallest absolute Gasteiger partial charge is 0.225 e. The third kappa shape index (κ3) is 3.90. The van der Waals surface area contributed by atoms with Gasteiger partial charge in [0.2, 0.25) is 5.95 Å². The first-order valence-electron chi connectivity index (χ1n) is 7.91. The van der Waals surface area contributed by atoms with Crippen molar-refractivity contribution in [3.63, 3.8) is 0 Å². The zero-order valence-corrected chi connectivity index (χ0v) is 13.1. The SMILES string of the molecule is C[C@H]1CN(Cc2cnc(N3CCN(C)CC3)nc2)CCN1. The van der Waals surface area contributed by atoms with Crippen LogP contribution in [0.1, 0.15) is 12.5 Å². The summed E-state index contributed by atoms with van der Waals surface area (Å²) in [6.45, 7) is 10.7. The summed E-state index contributed by atoms with van der Waals surface area (Å²) in [4.78, 5) is 16.2. The Bertz CT molecular complexity index is 440. The quantitative estimate of drug-likeness (QED) is 0.847. The van der Waals surface area contributed by atoms with Crippen molar-refractivity contribution in [3.05, 3.63) is 18.0 Å². The molecule has 2 aliphatic rings. The second kappa shape index (κ2) is 6.68. The van der Waals surface area contributed by atoms with Crippen LogP contribution in [-0.4, -0.2) is 78.7 Å². The largest absolute Gasteiger partial charge is 0.338 e. The molecule has 0 amide bonds. The molecule has 2 saturated heterocycles. The van der Waals surface area contributed by atoms with Crippen LogP contribution < -0.4 is 10.2 Å². The van der Waals surface area contributed by atoms with Crippen molar-refractivity contribution in [1.29, 1.82) is 0 Å². The number of hydrogen-bond acceptors (Lipinski definition) is 6. The topological polar surface area (TPSA) is 47.5 Å². The molecule has 0 unspecified atom stereocenters. The number of piperazine rings is 2. The predicted octanol–water partition coefficient (Wildman–Crippen LogP) is 0.0221. The van der Waals surface area contributed by atoms with Crippen LogP contribution in [0.25, 0.3) is 0 Å². The zero-order valence-electron chi connectivity index (χ0n) is 13.1. The molecule has 0 bridgehead atoms. The van der Waals surface area contributed by atoms with Gasteiger partial charge in [0.15, 0.2) is 0 Å². The average Bonchev–Trinajstić information content (AvgIpc) is 2.49. The number of aromatic nitrogens is 2. The summed E-state index contributed by atoms with van der Waals surface area (Å²) in [5.41, 5.74) is 1.21. The van der Waals surface area contributed by atoms with E-state index in [0.717, 1.165) is 58.3 Å². The summed E-state index contributed by atoms with van der Waals surface area (Å²) in [6.07, 6.45) is 3.99. The van der Waals surface area contributed by atoms with E-state index in [-0.39, 0.29) is 0 Å². The Balaban J connectivity index is 1.56. The molecule has 2 aliphatic heterocycles. The second-order valence-corrected chi connectivity index (χ2v) is 6.27. The molecule has 116 valence electrons. The number of nitrogens with one attached hydrogen (secondary N) is 1. The van der Waals surface area contributed by atoms with Crippen molar-refractivity contribution in [2.75, 3.05) is 57.8 Å². The van der Waals surface area contributed by atoms with Crippen LogP contribution in [0.2, 0.25) is 0 Å². The summed E-state index contributed by atoms with van der Waals surface area (Å²) in [6, 6.07) is 0.573. The summed E-state index contributed by atoms with van der Waals surface area (Å²) < 4.78 is 0. The predicted molar refractivity (Wildman–Crippen MR) is 84.5 cm³/mol. The van der Waals surface area contributed by atoms with Gasteiger partial charge in [-0.15, -0.1) is 0 Å². The maximum Gasteiger partial charge on any atom is 0.225 e. The van der Waals surface area contributed by atoms with Crippen molar-refractivity contribution in [2.24, 2.45) is 0 Å². The Morgan fingerprint density at radius 1 is 1.14 bits per heavy atom. The summed E-state index contributed by atoms with van der Waals surface area (Å²) in [7, 11) is 2.16. The van der Waals surface area contributed by atoms with E-state index in [9.17, 15) is 0 Å². The summed E-state index contributed by atoms with van der Waals surface area (Å²) in [5, 5.41) is 3.47. The molecule has 3 rings (SSSR count). The lowest BCUT2D eigenvalue weighted by atomic mass is 10.2. The van der Waals surface area contributed by atoms with Gasteiger partial charge in [0, 0.05) is 76.4 Å². The van der Waals surface area contributed by atoms with Crippen LogP contribution in [0.3, 0.4) is 0 Å². The van der Waals surface area contributed by atoms with Gasteiger partial charge in [-0.25, -0.2) is 9.97 Å². The highest BCUT2D eigenvalue weighted by atomic mass is 15.3. The highest BCUT2D eigenvalue weighted by Gasteiger charge is 2.18. The number of nitrogens with zero attached hydrogens (tertiary/aromatic N) is 5. The molecule has 1 atom stereocenters. The van der Waals surface area contributed by atoms with Crippen molar-refractivity contribution in [2.45, 2.75) is 19.5 Å². The Hall–Kier alpha value is -1.24. The van der Waals surface area contributed by atoms with Crippen molar-refractivity contribution >= 4 is 5.95 Å². The van der Waals surface area contributed by atoms with E-state index in [1.165, 1.54) is 5.56 Å². The lowest BCUT2D eigenvalue weighted by Gasteiger charge is -2.33. The molecule has 0 spiro atoms. The molecule has 0 saturated carbocycles. The van der Waals surface area contributed by atoms with Crippen LogP contribution in [0.4, 0.5) is 5.95 Å². The standard InChI is InChI=1S/C15H26N6/c1-13-11-20(4-3-16-13)12-14-9-17-15(18-10-14)21-7-5-19(2)6-8-21/h9-10,13,16H,3-8,11-12H2,1-2H3/t13-/m0/s1. The van der Waals surface area contributed by atoms with Gasteiger partial charge >= 0.3 is 0 Å². The molecule has 6 nitrogen and oxygen atoms in total. The molecular weight excluding hydrogens is 264 g/mol. The van der Waals surface area contributed by atoms with Crippen LogP contribution in [-0.2, 0) is 6.54 Å². The second-order valence-electron chi connectivity index (χ2n) is 6.27. The normalized spacial score (nSPS) is 25.2. The first kappa shape index (κ1) is 14.7. The molecule has 1 aromatic rings. The zero-order chi connectivity index (χ0) is 14.7. The molecule has 1 aromatic heterocycles. The van der Waals surface area contributed by atoms with E-state index in [4.69, 9.17) is 0 Å². The van der Waals surface area contributed by atoms with Crippen LogP contribution in [0.15, 0.2) is 12.4 Å². The van der Waals surface area contributed by atoms with Gasteiger partial charge < -0.3 is 15.1 Å². The van der Waals surface area contributed by atoms with Crippen LogP contribution >= 0.6 is 0 Å². The van der Waals surface area contributed by atoms with Gasteiger partial charge in [-0.05, 0) is 14.0 Å². The first-order valence-corrected chi connectivity index (χ1v) is 7.91. The minimum Gasteiger partial charge on any atom is -0.338 e. The van der Waals surface area contributed by atoms with Crippen molar-refractivity contribution in [1.82, 2.24) is 25.1 Å². The number of hydrogen-bond donors (Lipinski definition) is 1. The third-order valence-corrected chi connectivity index (χ3v) is 4.34. The van der Waals surface area contributed by atoms with Crippen molar-refractivity contribution in [3.8, 4) is 0 Å². The van der Waals surface area contributed by atoms with E-state index in [0.29, 0.717) is 6.04 Å². The molecule has 21 heavy (non-hydrogen) atoms. The van der Waals surface area contributed by atoms with E-state index in [2.05, 4.69) is 44.0 Å². The highest BCUT2D eigenvalue weighted by Crippen LogP contribution is 2.12. The van der Waals surface area contributed by atoms with Gasteiger partial charge in [0.25, 0.3) is 0 Å². The Labute approximate surface area is 127 Å². The van der Waals surface area contributed by atoms with Crippen LogP contribution in [0.5, 0.6) is 0 Å². The van der Waals surface area contributed by atoms with E-state index >= 15 is 0 Å². The van der Waals surface area contributed by atoms with Gasteiger partial charge in [0.1, 0.15) is 0 Å². The van der Waals surface area contributed by atoms with E-state index in [1.807, 2.05) is 12.4 Å². The average molecular weight is 290 g/mol. The highest BCUT2D eigenvalue weighted by molar-refractivity contribution is 5.30. The van der Waals surface area contributed by atoms with Gasteiger partial charge in [-0.2, -0.15) is 0 Å². The van der Waals surface area contributed by atoms with E-state index < -0.39 is 0 Å². The number of anilines is 1. The number of rotatable bonds is 3. The minimum absolute atomic E-state index is 0.573. The number of likely N-dealkylation sites (N-methyl/N-ethyl adjacent to an activating group) is 1. The summed E-state index contributed by atoms with van der Waals surface area (Å²) >= 11 is 0. The van der Waals surface area contributed by atoms with Gasteiger partial charge in [-0.1, -0.05) is 0 Å². The van der Waals surface area contributed by atoms with Crippen molar-refractivity contribution < 1.29 is 0 Å². The lowest BCUT2D eigenvalue weighted by molar-refractivity contribution is 0.199. The maximum absolute atomic E-state index is 4.57. The van der Waals surface area contributed by atoms with Gasteiger partial charge in [0.05, 0.1) is 0 Å². The fourth-order valence-corrected chi connectivity index (χ4v) is 3.01. The maximum atomic E-state index is 4.57. The molecule has 0 aromatic carbocycles. The lowest BCUT2D eigenvalue weighted by Crippen LogP contribution is -2.48. The Morgan fingerprint density at radius 2 is 1.86 bits per heavy atom. The fourth-order valence-electron chi connectivity index (χ4n) is 3.01. The Morgan fingerprint density at radius 3 is 2.52 bits per heavy atom.